The topological polar surface area (TPSA) is 109 Å². The van der Waals surface area contributed by atoms with Gasteiger partial charge in [0.2, 0.25) is 5.91 Å². The summed E-state index contributed by atoms with van der Waals surface area (Å²) in [5.74, 6) is -0.845. The Hall–Kier alpha value is -2.48. The van der Waals surface area contributed by atoms with Crippen LogP contribution in [0.15, 0.2) is 42.6 Å². The van der Waals surface area contributed by atoms with Crippen molar-refractivity contribution in [2.45, 2.75) is 50.4 Å². The summed E-state index contributed by atoms with van der Waals surface area (Å²) in [5, 5.41) is 14.9. The van der Waals surface area contributed by atoms with Gasteiger partial charge in [0.05, 0.1) is 5.69 Å². The van der Waals surface area contributed by atoms with E-state index in [0.29, 0.717) is 36.6 Å². The number of amides is 2. The van der Waals surface area contributed by atoms with E-state index >= 15 is 0 Å². The number of nitrogens with two attached hydrogens (primary N) is 1. The lowest BCUT2D eigenvalue weighted by Gasteiger charge is -2.33. The highest BCUT2D eigenvalue weighted by atomic mass is 35.5. The van der Waals surface area contributed by atoms with Crippen LogP contribution in [0.5, 0.6) is 0 Å². The number of likely N-dealkylation sites (tertiary alicyclic amines) is 1. The van der Waals surface area contributed by atoms with E-state index < -0.39 is 17.6 Å². The Morgan fingerprint density at radius 1 is 1.23 bits per heavy atom. The molecule has 8 heteroatoms. The lowest BCUT2D eigenvalue weighted by molar-refractivity contribution is -0.158. The first kappa shape index (κ1) is 21.7. The van der Waals surface area contributed by atoms with E-state index in [0.717, 1.165) is 24.0 Å². The molecule has 0 radical (unpaired) electrons. The second-order valence-corrected chi connectivity index (χ2v) is 8.68. The van der Waals surface area contributed by atoms with Crippen LogP contribution < -0.4 is 11.1 Å². The first-order valence-electron chi connectivity index (χ1n) is 10.6. The van der Waals surface area contributed by atoms with E-state index in [2.05, 4.69) is 10.3 Å². The average Bonchev–Trinajstić information content (AvgIpc) is 3.54. The second kappa shape index (κ2) is 8.94. The summed E-state index contributed by atoms with van der Waals surface area (Å²) in [7, 11) is 0. The molecule has 2 fully saturated rings. The highest BCUT2D eigenvalue weighted by molar-refractivity contribution is 6.30. The number of pyridine rings is 1. The van der Waals surface area contributed by atoms with Crippen LogP contribution in [-0.2, 0) is 28.3 Å². The summed E-state index contributed by atoms with van der Waals surface area (Å²) in [6.07, 6.45) is 4.36. The zero-order valence-electron chi connectivity index (χ0n) is 17.3. The Bertz CT molecular complexity index is 967. The third-order valence-corrected chi connectivity index (χ3v) is 6.44. The smallest absolute Gasteiger partial charge is 0.261 e. The fraction of sp³-hybridized carbons (Fsp3) is 0.435. The molecule has 164 valence electrons. The van der Waals surface area contributed by atoms with Gasteiger partial charge in [-0.15, -0.1) is 0 Å². The van der Waals surface area contributed by atoms with Crippen molar-refractivity contribution in [1.82, 2.24) is 15.2 Å². The van der Waals surface area contributed by atoms with E-state index in [1.165, 1.54) is 4.90 Å². The largest absolute Gasteiger partial charge is 0.374 e. The summed E-state index contributed by atoms with van der Waals surface area (Å²) >= 11 is 6.08. The van der Waals surface area contributed by atoms with Crippen LogP contribution in [0.4, 0.5) is 0 Å². The van der Waals surface area contributed by atoms with E-state index in [-0.39, 0.29) is 18.4 Å². The number of aromatic nitrogens is 1. The maximum Gasteiger partial charge on any atom is 0.261 e. The predicted molar refractivity (Wildman–Crippen MR) is 117 cm³/mol. The maximum atomic E-state index is 13.5. The number of nitrogens with one attached hydrogen (secondary N) is 1. The molecule has 2 amide bonds. The van der Waals surface area contributed by atoms with Crippen molar-refractivity contribution in [2.24, 2.45) is 11.7 Å². The quantitative estimate of drug-likeness (QED) is 0.608. The summed E-state index contributed by atoms with van der Waals surface area (Å²) in [6.45, 7) is 1.05. The highest BCUT2D eigenvalue weighted by Gasteiger charge is 2.55. The van der Waals surface area contributed by atoms with Gasteiger partial charge in [-0.3, -0.25) is 14.6 Å². The standard InChI is InChI=1S/C23H27ClN4O3/c24-18-9-6-15(13-25)16(12-18)14-27-21(29)19-4-3-11-28(19)22(30)23(31,17-7-8-17)20-5-1-2-10-26-20/h1-2,5-6,9-10,12,17,19,31H,3-4,7-8,11,13-14,25H2,(H,27,29)/t19-,23?/m0/s1. The highest BCUT2D eigenvalue weighted by Crippen LogP contribution is 2.47. The van der Waals surface area contributed by atoms with Crippen LogP contribution in [0.1, 0.15) is 42.5 Å². The zero-order chi connectivity index (χ0) is 22.0. The van der Waals surface area contributed by atoms with Crippen molar-refractivity contribution in [1.29, 1.82) is 0 Å². The van der Waals surface area contributed by atoms with Gasteiger partial charge in [0.25, 0.3) is 5.91 Å². The van der Waals surface area contributed by atoms with Crippen molar-refractivity contribution < 1.29 is 14.7 Å². The number of rotatable bonds is 7. The van der Waals surface area contributed by atoms with E-state index in [9.17, 15) is 14.7 Å². The molecule has 2 aliphatic rings. The van der Waals surface area contributed by atoms with Crippen molar-refractivity contribution in [3.8, 4) is 0 Å². The molecular weight excluding hydrogens is 416 g/mol. The number of halogens is 1. The van der Waals surface area contributed by atoms with Gasteiger partial charge in [0.1, 0.15) is 6.04 Å². The Labute approximate surface area is 186 Å². The molecule has 1 aliphatic heterocycles. The van der Waals surface area contributed by atoms with Gasteiger partial charge >= 0.3 is 0 Å². The van der Waals surface area contributed by atoms with E-state index in [1.807, 2.05) is 6.07 Å². The molecular formula is C23H27ClN4O3. The molecule has 1 aromatic heterocycles. The Balaban J connectivity index is 1.50. The Kier molecular flexibility index (Phi) is 6.27. The van der Waals surface area contributed by atoms with E-state index in [1.54, 1.807) is 36.5 Å². The normalized spacial score (nSPS) is 20.4. The minimum Gasteiger partial charge on any atom is -0.374 e. The summed E-state index contributed by atoms with van der Waals surface area (Å²) in [5.41, 5.74) is 6.20. The van der Waals surface area contributed by atoms with Crippen LogP contribution in [0.2, 0.25) is 5.02 Å². The zero-order valence-corrected chi connectivity index (χ0v) is 18.0. The Morgan fingerprint density at radius 2 is 2.03 bits per heavy atom. The molecule has 4 N–H and O–H groups in total. The van der Waals surface area contributed by atoms with Gasteiger partial charge in [-0.2, -0.15) is 0 Å². The van der Waals surface area contributed by atoms with Crippen molar-refractivity contribution in [2.75, 3.05) is 6.54 Å². The maximum absolute atomic E-state index is 13.5. The number of carbonyl (C=O) groups excluding carboxylic acids is 2. The average molecular weight is 443 g/mol. The fourth-order valence-corrected chi connectivity index (χ4v) is 4.54. The predicted octanol–water partition coefficient (Wildman–Crippen LogP) is 2.10. The molecule has 0 spiro atoms. The van der Waals surface area contributed by atoms with Gasteiger partial charge in [-0.25, -0.2) is 0 Å². The van der Waals surface area contributed by atoms with Crippen LogP contribution in [0.25, 0.3) is 0 Å². The minimum atomic E-state index is -1.69. The molecule has 1 unspecified atom stereocenters. The molecule has 2 aromatic rings. The summed E-state index contributed by atoms with van der Waals surface area (Å²) in [4.78, 5) is 32.3. The van der Waals surface area contributed by atoms with E-state index in [4.69, 9.17) is 17.3 Å². The number of hydrogen-bond acceptors (Lipinski definition) is 5. The van der Waals surface area contributed by atoms with Gasteiger partial charge < -0.3 is 21.1 Å². The number of carbonyl (C=O) groups is 2. The minimum absolute atomic E-state index is 0.169. The molecule has 0 bridgehead atoms. The molecule has 2 atom stereocenters. The number of nitrogens with zero attached hydrogens (tertiary/aromatic N) is 2. The lowest BCUT2D eigenvalue weighted by Crippen LogP contribution is -2.54. The molecule has 1 saturated carbocycles. The van der Waals surface area contributed by atoms with Crippen LogP contribution in [0, 0.1) is 5.92 Å². The summed E-state index contributed by atoms with van der Waals surface area (Å²) < 4.78 is 0. The fourth-order valence-electron chi connectivity index (χ4n) is 4.34. The monoisotopic (exact) mass is 442 g/mol. The van der Waals surface area contributed by atoms with Gasteiger partial charge in [-0.05, 0) is 61.1 Å². The van der Waals surface area contributed by atoms with Crippen molar-refractivity contribution in [3.63, 3.8) is 0 Å². The van der Waals surface area contributed by atoms with Crippen LogP contribution >= 0.6 is 11.6 Å². The number of benzene rings is 1. The lowest BCUT2D eigenvalue weighted by atomic mass is 9.90. The third-order valence-electron chi connectivity index (χ3n) is 6.21. The molecule has 31 heavy (non-hydrogen) atoms. The van der Waals surface area contributed by atoms with Gasteiger partial charge in [0.15, 0.2) is 5.60 Å². The van der Waals surface area contributed by atoms with Gasteiger partial charge in [0, 0.05) is 36.8 Å². The van der Waals surface area contributed by atoms with Crippen molar-refractivity contribution in [3.05, 3.63) is 64.4 Å². The molecule has 1 saturated heterocycles. The van der Waals surface area contributed by atoms with Crippen molar-refractivity contribution >= 4 is 23.4 Å². The van der Waals surface area contributed by atoms with Crippen LogP contribution in [-0.4, -0.2) is 39.4 Å². The Morgan fingerprint density at radius 3 is 2.71 bits per heavy atom. The SMILES string of the molecule is NCc1ccc(Cl)cc1CNC(=O)[C@@H]1CCCN1C(=O)C(O)(c1ccccn1)C1CC1. The molecule has 1 aliphatic carbocycles. The number of aliphatic hydroxyl groups is 1. The first-order valence-corrected chi connectivity index (χ1v) is 11.0. The molecule has 2 heterocycles. The van der Waals surface area contributed by atoms with Crippen LogP contribution in [0.3, 0.4) is 0 Å². The number of hydrogen-bond donors (Lipinski definition) is 3. The molecule has 1 aromatic carbocycles. The molecule has 4 rings (SSSR count). The third kappa shape index (κ3) is 4.31. The first-order chi connectivity index (χ1) is 14.9. The summed E-state index contributed by atoms with van der Waals surface area (Å²) in [6, 6.07) is 9.96. The second-order valence-electron chi connectivity index (χ2n) is 8.25. The van der Waals surface area contributed by atoms with Gasteiger partial charge in [-0.1, -0.05) is 23.7 Å². The molecule has 7 nitrogen and oxygen atoms in total.